The van der Waals surface area contributed by atoms with E-state index in [0.717, 1.165) is 42.1 Å². The number of hydrogen-bond donors (Lipinski definition) is 0. The van der Waals surface area contributed by atoms with E-state index < -0.39 is 5.41 Å². The fourth-order valence-electron chi connectivity index (χ4n) is 3.88. The van der Waals surface area contributed by atoms with Crippen molar-refractivity contribution < 1.29 is 9.59 Å². The molecule has 0 aromatic heterocycles. The Balaban J connectivity index is 1.85. The molecule has 2 aromatic rings. The largest absolute Gasteiger partial charge is 0.274 e. The molecule has 4 rings (SSSR count). The summed E-state index contributed by atoms with van der Waals surface area (Å²) in [4.78, 5) is 26.8. The van der Waals surface area contributed by atoms with Crippen LogP contribution in [0.3, 0.4) is 0 Å². The maximum atomic E-state index is 12.9. The van der Waals surface area contributed by atoms with E-state index in [1.54, 1.807) is 0 Å². The molecule has 1 aliphatic heterocycles. The number of imide groups is 1. The second-order valence-electron chi connectivity index (χ2n) is 6.20. The minimum absolute atomic E-state index is 0.0151. The fourth-order valence-corrected chi connectivity index (χ4v) is 3.88. The summed E-state index contributed by atoms with van der Waals surface area (Å²) in [6, 6.07) is 13.7. The number of benzene rings is 2. The molecule has 2 aliphatic rings. The molecule has 1 aliphatic carbocycles. The maximum Gasteiger partial charge on any atom is 0.240 e. The third-order valence-electron chi connectivity index (χ3n) is 4.96. The second kappa shape index (κ2) is 4.42. The van der Waals surface area contributed by atoms with Crippen molar-refractivity contribution in [2.45, 2.75) is 32.1 Å². The van der Waals surface area contributed by atoms with Crippen molar-refractivity contribution in [1.82, 2.24) is 0 Å². The molecule has 3 heteroatoms. The minimum atomic E-state index is -0.409. The van der Waals surface area contributed by atoms with E-state index >= 15 is 0 Å². The highest BCUT2D eigenvalue weighted by atomic mass is 16.2. The molecule has 2 aromatic carbocycles. The van der Waals surface area contributed by atoms with Crippen molar-refractivity contribution in [1.29, 1.82) is 0 Å². The highest BCUT2D eigenvalue weighted by Gasteiger charge is 2.53. The molecule has 1 saturated carbocycles. The lowest BCUT2D eigenvalue weighted by atomic mass is 9.84. The quantitative estimate of drug-likeness (QED) is 0.747. The standard InChI is InChI=1S/C18H17NO2/c20-16-12-18(10-3-4-11-18)17(21)19(16)15-9-5-7-13-6-1-2-8-14(13)15/h1-2,5-9H,3-4,10-12H2. The summed E-state index contributed by atoms with van der Waals surface area (Å²) in [6.07, 6.45) is 4.22. The van der Waals surface area contributed by atoms with Crippen molar-refractivity contribution in [2.24, 2.45) is 5.41 Å². The zero-order valence-corrected chi connectivity index (χ0v) is 11.8. The molecule has 106 valence electrons. The number of fused-ring (bicyclic) bond motifs is 1. The van der Waals surface area contributed by atoms with Crippen molar-refractivity contribution in [3.05, 3.63) is 42.5 Å². The van der Waals surface area contributed by atoms with Gasteiger partial charge in [0.05, 0.1) is 11.1 Å². The van der Waals surface area contributed by atoms with Gasteiger partial charge in [0, 0.05) is 11.8 Å². The van der Waals surface area contributed by atoms with Crippen LogP contribution in [0.1, 0.15) is 32.1 Å². The first-order valence-corrected chi connectivity index (χ1v) is 7.56. The summed E-state index contributed by atoms with van der Waals surface area (Å²) in [7, 11) is 0. The molecular weight excluding hydrogens is 262 g/mol. The van der Waals surface area contributed by atoms with Crippen LogP contribution in [0.4, 0.5) is 5.69 Å². The van der Waals surface area contributed by atoms with Gasteiger partial charge in [-0.3, -0.25) is 9.59 Å². The first-order chi connectivity index (χ1) is 10.2. The van der Waals surface area contributed by atoms with E-state index in [1.807, 2.05) is 42.5 Å². The summed E-state index contributed by atoms with van der Waals surface area (Å²) in [5.74, 6) is -0.0281. The SMILES string of the molecule is O=C1CC2(CCCC2)C(=O)N1c1cccc2ccccc12. The molecule has 2 amide bonds. The number of rotatable bonds is 1. The normalized spacial score (nSPS) is 20.9. The Labute approximate surface area is 123 Å². The van der Waals surface area contributed by atoms with Crippen LogP contribution < -0.4 is 4.90 Å². The number of amides is 2. The smallest absolute Gasteiger partial charge is 0.240 e. The molecule has 1 spiro atoms. The fraction of sp³-hybridized carbons (Fsp3) is 0.333. The zero-order chi connectivity index (χ0) is 14.4. The van der Waals surface area contributed by atoms with E-state index in [2.05, 4.69) is 0 Å². The van der Waals surface area contributed by atoms with E-state index in [4.69, 9.17) is 0 Å². The molecule has 0 unspecified atom stereocenters. The van der Waals surface area contributed by atoms with Gasteiger partial charge in [-0.05, 0) is 24.3 Å². The highest BCUT2D eigenvalue weighted by molar-refractivity contribution is 6.25. The van der Waals surface area contributed by atoms with Crippen molar-refractivity contribution in [3.8, 4) is 0 Å². The minimum Gasteiger partial charge on any atom is -0.274 e. The predicted molar refractivity (Wildman–Crippen MR) is 82.0 cm³/mol. The summed E-state index contributed by atoms with van der Waals surface area (Å²) < 4.78 is 0. The van der Waals surface area contributed by atoms with E-state index in [-0.39, 0.29) is 11.8 Å². The molecule has 0 radical (unpaired) electrons. The van der Waals surface area contributed by atoms with Gasteiger partial charge in [0.15, 0.2) is 0 Å². The summed E-state index contributed by atoms with van der Waals surface area (Å²) in [6.45, 7) is 0. The van der Waals surface area contributed by atoms with Crippen LogP contribution in [0.2, 0.25) is 0 Å². The van der Waals surface area contributed by atoms with Gasteiger partial charge in [-0.15, -0.1) is 0 Å². The average Bonchev–Trinajstić information content (AvgIpc) is 3.06. The van der Waals surface area contributed by atoms with Gasteiger partial charge in [-0.2, -0.15) is 0 Å². The van der Waals surface area contributed by atoms with E-state index in [1.165, 1.54) is 4.90 Å². The Hall–Kier alpha value is -2.16. The number of nitrogens with zero attached hydrogens (tertiary/aromatic N) is 1. The van der Waals surface area contributed by atoms with Gasteiger partial charge in [0.2, 0.25) is 11.8 Å². The molecule has 0 atom stereocenters. The van der Waals surface area contributed by atoms with E-state index in [0.29, 0.717) is 6.42 Å². The number of carbonyl (C=O) groups is 2. The van der Waals surface area contributed by atoms with Crippen molar-refractivity contribution >= 4 is 28.3 Å². The average molecular weight is 279 g/mol. The van der Waals surface area contributed by atoms with Crippen molar-refractivity contribution in [3.63, 3.8) is 0 Å². The Morgan fingerprint density at radius 2 is 1.62 bits per heavy atom. The monoisotopic (exact) mass is 279 g/mol. The zero-order valence-electron chi connectivity index (χ0n) is 11.8. The Morgan fingerprint density at radius 1 is 0.905 bits per heavy atom. The molecule has 0 bridgehead atoms. The number of carbonyl (C=O) groups excluding carboxylic acids is 2. The predicted octanol–water partition coefficient (Wildman–Crippen LogP) is 3.66. The van der Waals surface area contributed by atoms with Crippen LogP contribution in [0.25, 0.3) is 10.8 Å². The molecule has 2 fully saturated rings. The lowest BCUT2D eigenvalue weighted by molar-refractivity contribution is -0.125. The highest BCUT2D eigenvalue weighted by Crippen LogP contribution is 2.48. The van der Waals surface area contributed by atoms with Crippen LogP contribution in [0, 0.1) is 5.41 Å². The maximum absolute atomic E-state index is 12.9. The van der Waals surface area contributed by atoms with Crippen LogP contribution in [-0.2, 0) is 9.59 Å². The third-order valence-corrected chi connectivity index (χ3v) is 4.96. The topological polar surface area (TPSA) is 37.4 Å². The molecule has 1 saturated heterocycles. The van der Waals surface area contributed by atoms with Gasteiger partial charge in [-0.25, -0.2) is 4.90 Å². The summed E-state index contributed by atoms with van der Waals surface area (Å²) >= 11 is 0. The van der Waals surface area contributed by atoms with Gasteiger partial charge in [0.25, 0.3) is 0 Å². The van der Waals surface area contributed by atoms with Crippen molar-refractivity contribution in [2.75, 3.05) is 4.90 Å². The first-order valence-electron chi connectivity index (χ1n) is 7.56. The second-order valence-corrected chi connectivity index (χ2v) is 6.20. The van der Waals surface area contributed by atoms with Gasteiger partial charge in [0.1, 0.15) is 0 Å². The third kappa shape index (κ3) is 1.73. The van der Waals surface area contributed by atoms with Crippen LogP contribution in [0.15, 0.2) is 42.5 Å². The molecular formula is C18H17NO2. The number of anilines is 1. The molecule has 1 heterocycles. The Morgan fingerprint density at radius 3 is 2.43 bits per heavy atom. The molecule has 3 nitrogen and oxygen atoms in total. The van der Waals surface area contributed by atoms with Gasteiger partial charge < -0.3 is 0 Å². The first kappa shape index (κ1) is 12.6. The van der Waals surface area contributed by atoms with Crippen LogP contribution >= 0.6 is 0 Å². The lowest BCUT2D eigenvalue weighted by Gasteiger charge is -2.21. The Bertz CT molecular complexity index is 738. The summed E-state index contributed by atoms with van der Waals surface area (Å²) in [5, 5.41) is 2.03. The Kier molecular flexibility index (Phi) is 2.64. The number of hydrogen-bond acceptors (Lipinski definition) is 2. The van der Waals surface area contributed by atoms with E-state index in [9.17, 15) is 9.59 Å². The van der Waals surface area contributed by atoms with Crippen LogP contribution in [-0.4, -0.2) is 11.8 Å². The lowest BCUT2D eigenvalue weighted by Crippen LogP contribution is -2.34. The molecule has 0 N–H and O–H groups in total. The van der Waals surface area contributed by atoms with Gasteiger partial charge in [-0.1, -0.05) is 49.2 Å². The van der Waals surface area contributed by atoms with Crippen LogP contribution in [0.5, 0.6) is 0 Å². The summed E-state index contributed by atoms with van der Waals surface area (Å²) in [5.41, 5.74) is 0.334. The van der Waals surface area contributed by atoms with Gasteiger partial charge >= 0.3 is 0 Å². The molecule has 21 heavy (non-hydrogen) atoms.